The highest BCUT2D eigenvalue weighted by atomic mass is 32.2. The zero-order valence-electron chi connectivity index (χ0n) is 48.9. The van der Waals surface area contributed by atoms with Gasteiger partial charge >= 0.3 is 27.1 Å². The van der Waals surface area contributed by atoms with E-state index in [0.717, 1.165) is 41.0 Å². The van der Waals surface area contributed by atoms with Crippen LogP contribution in [0.1, 0.15) is 88.8 Å². The molecule has 6 rings (SSSR count). The van der Waals surface area contributed by atoms with Crippen LogP contribution >= 0.6 is 15.2 Å². The highest BCUT2D eigenvalue weighted by molar-refractivity contribution is 7.89. The number of aromatic hydroxyl groups is 1. The van der Waals surface area contributed by atoms with E-state index >= 15 is 0 Å². The average Bonchev–Trinajstić information content (AvgIpc) is 3.43. The molecule has 0 fully saturated rings. The van der Waals surface area contributed by atoms with E-state index in [1.54, 1.807) is 90.1 Å². The lowest BCUT2D eigenvalue weighted by atomic mass is 10.1. The summed E-state index contributed by atoms with van der Waals surface area (Å²) in [6, 6.07) is 27.9. The quantitative estimate of drug-likeness (QED) is 0.0136. The summed E-state index contributed by atoms with van der Waals surface area (Å²) >= 11 is 0. The molecule has 0 bridgehead atoms. The third kappa shape index (κ3) is 23.6. The average molecular weight is 1300 g/mol. The molecule has 0 aliphatic rings. The van der Waals surface area contributed by atoms with Crippen LogP contribution in [-0.4, -0.2) is 73.5 Å². The van der Waals surface area contributed by atoms with Crippen LogP contribution in [0.15, 0.2) is 142 Å². The molecule has 0 saturated carbocycles. The Labute approximate surface area is 503 Å². The Morgan fingerprint density at radius 3 is 1.14 bits per heavy atom. The topological polar surface area (TPSA) is 245 Å². The van der Waals surface area contributed by atoms with Crippen molar-refractivity contribution in [3.8, 4) is 17.2 Å². The molecule has 0 unspecified atom stereocenters. The van der Waals surface area contributed by atoms with Crippen LogP contribution in [0.2, 0.25) is 0 Å². The maximum atomic E-state index is 14.7. The van der Waals surface area contributed by atoms with Crippen molar-refractivity contribution in [3.05, 3.63) is 195 Å². The smallest absolute Gasteiger partial charge is 0.335 e. The zero-order valence-corrected chi connectivity index (χ0v) is 52.4. The van der Waals surface area contributed by atoms with Gasteiger partial charge in [-0.25, -0.2) is 57.8 Å². The number of benzene rings is 6. The van der Waals surface area contributed by atoms with Gasteiger partial charge in [-0.1, -0.05) is 48.5 Å². The number of nitrogens with one attached hydrogen (secondary N) is 2. The molecule has 0 spiro atoms. The summed E-state index contributed by atoms with van der Waals surface area (Å²) < 4.78 is 184. The Kier molecular flexibility index (Phi) is 28.9. The lowest BCUT2D eigenvalue weighted by molar-refractivity contribution is -0.139. The van der Waals surface area contributed by atoms with Gasteiger partial charge in [0.2, 0.25) is 20.0 Å². The number of phenols is 1. The number of rotatable bonds is 28. The van der Waals surface area contributed by atoms with Gasteiger partial charge in [0.25, 0.3) is 0 Å². The molecule has 0 aromatic heterocycles. The molecule has 0 amide bonds. The molecule has 0 saturated heterocycles. The van der Waals surface area contributed by atoms with Crippen LogP contribution in [0.25, 0.3) is 12.2 Å². The van der Waals surface area contributed by atoms with Crippen LogP contribution in [0, 0.1) is 29.1 Å². The summed E-state index contributed by atoms with van der Waals surface area (Å²) in [5, 5.41) is 9.25. The van der Waals surface area contributed by atoms with Crippen LogP contribution in [-0.2, 0) is 91.7 Å². The summed E-state index contributed by atoms with van der Waals surface area (Å²) in [5.74, 6) is -8.00. The standard InChI is InChI=1S/C30H34F2NO8PS.C18H24NO6PS.C12H11F3O2/c1-5-38-30(34)21(4)16-24-17-27(31)29(28(32)18-24)41-25-12-14-26(15-13-25)43(36,37)33-19-22-8-10-23(11-9-22)20-42(35,39-6-2)40-7-3;1-3-24-26(21,25-4-2)14-16-7-5-15(6-8-16)13-19-27(22,23)18-11-9-17(20)10-12-18;1-3-17-12(16)7(2)4-8-5-9(13)11(15)10(14)6-8/h8-18,33H,5-7,19-20H2,1-4H3;5-12,19-20H,3-4,13-14H2,1-2H3;4-6H,3H2,1-2H3/b21-16+;;7-4+. The number of esters is 2. The molecular weight excluding hydrogens is 1230 g/mol. The minimum atomic E-state index is -3.93. The maximum absolute atomic E-state index is 14.7. The lowest BCUT2D eigenvalue weighted by Crippen LogP contribution is -2.23. The fourth-order valence-corrected chi connectivity index (χ4v) is 12.9. The van der Waals surface area contributed by atoms with E-state index in [4.69, 9.17) is 32.3 Å². The molecule has 3 N–H and O–H groups in total. The second kappa shape index (κ2) is 34.6. The first-order valence-corrected chi connectivity index (χ1v) is 33.4. The summed E-state index contributed by atoms with van der Waals surface area (Å²) in [4.78, 5) is 23.0. The molecule has 0 aliphatic carbocycles. The van der Waals surface area contributed by atoms with Gasteiger partial charge in [0.1, 0.15) is 11.5 Å². The van der Waals surface area contributed by atoms with Crippen molar-refractivity contribution >= 4 is 59.3 Å². The molecule has 27 heteroatoms. The van der Waals surface area contributed by atoms with E-state index in [9.17, 15) is 62.6 Å². The zero-order chi connectivity index (χ0) is 64.5. The first kappa shape index (κ1) is 72.6. The molecule has 87 heavy (non-hydrogen) atoms. The van der Waals surface area contributed by atoms with Gasteiger partial charge in [-0.15, -0.1) is 0 Å². The Morgan fingerprint density at radius 1 is 0.483 bits per heavy atom. The van der Waals surface area contributed by atoms with E-state index in [0.29, 0.717) is 18.8 Å². The second-order valence-corrected chi connectivity index (χ2v) is 25.9. The van der Waals surface area contributed by atoms with Gasteiger partial charge in [-0.3, -0.25) is 9.13 Å². The van der Waals surface area contributed by atoms with Gasteiger partial charge in [0, 0.05) is 24.2 Å². The highest BCUT2D eigenvalue weighted by Crippen LogP contribution is 2.52. The van der Waals surface area contributed by atoms with Crippen LogP contribution in [0.4, 0.5) is 22.0 Å². The van der Waals surface area contributed by atoms with Gasteiger partial charge in [-0.05, 0) is 174 Å². The van der Waals surface area contributed by atoms with Gasteiger partial charge in [-0.2, -0.15) is 0 Å². The van der Waals surface area contributed by atoms with Crippen molar-refractivity contribution in [2.45, 2.75) is 90.6 Å². The molecule has 472 valence electrons. The fourth-order valence-electron chi connectivity index (χ4n) is 7.50. The highest BCUT2D eigenvalue weighted by Gasteiger charge is 2.26. The minimum absolute atomic E-state index is 0.000864. The minimum Gasteiger partial charge on any atom is -0.508 e. The molecule has 18 nitrogen and oxygen atoms in total. The third-order valence-electron chi connectivity index (χ3n) is 11.5. The maximum Gasteiger partial charge on any atom is 0.335 e. The first-order chi connectivity index (χ1) is 41.1. The van der Waals surface area contributed by atoms with E-state index in [1.807, 2.05) is 0 Å². The van der Waals surface area contributed by atoms with Gasteiger partial charge in [0.15, 0.2) is 34.8 Å². The van der Waals surface area contributed by atoms with Crippen molar-refractivity contribution in [1.82, 2.24) is 9.44 Å². The number of carbonyl (C=O) groups is 2. The molecular formula is C60H69F5N2O16P2S2. The van der Waals surface area contributed by atoms with Crippen molar-refractivity contribution in [2.75, 3.05) is 39.6 Å². The molecule has 6 aromatic rings. The number of ether oxygens (including phenoxy) is 3. The predicted octanol–water partition coefficient (Wildman–Crippen LogP) is 13.7. The molecule has 0 radical (unpaired) electrons. The largest absolute Gasteiger partial charge is 0.508 e. The van der Waals surface area contributed by atoms with E-state index in [2.05, 4.69) is 9.44 Å². The number of hydrogen-bond donors (Lipinski definition) is 3. The predicted molar refractivity (Wildman–Crippen MR) is 318 cm³/mol. The molecule has 0 heterocycles. The van der Waals surface area contributed by atoms with Crippen molar-refractivity contribution in [2.24, 2.45) is 0 Å². The fraction of sp³-hybridized carbons (Fsp3) is 0.300. The van der Waals surface area contributed by atoms with Crippen molar-refractivity contribution in [3.63, 3.8) is 0 Å². The normalized spacial score (nSPS) is 12.1. The van der Waals surface area contributed by atoms with Crippen LogP contribution in [0.5, 0.6) is 17.2 Å². The Balaban J connectivity index is 0.000000312. The van der Waals surface area contributed by atoms with E-state index < -0.39 is 82.0 Å². The van der Waals surface area contributed by atoms with Gasteiger partial charge < -0.3 is 37.4 Å². The number of hydrogen-bond acceptors (Lipinski definition) is 16. The SMILES string of the molecule is CCOC(=O)/C(C)=C/c1cc(F)c(F)c(F)c1.CCOC(=O)/C(C)=C/c1cc(F)c(Oc2ccc(S(=O)(=O)NCc3ccc(CP(=O)(OCC)OCC)cc3)cc2)c(F)c1.CCOP(=O)(Cc1ccc(CNS(=O)(=O)c2ccc(O)cc2)cc1)OCC. The number of phenolic OH excluding ortho intramolecular Hbond substituents is 1. The Bertz CT molecular complexity index is 3590. The summed E-state index contributed by atoms with van der Waals surface area (Å²) in [5.41, 5.74) is 3.43. The third-order valence-corrected chi connectivity index (χ3v) is 18.5. The Morgan fingerprint density at radius 2 is 0.805 bits per heavy atom. The Hall–Kier alpha value is -6.89. The van der Waals surface area contributed by atoms with E-state index in [-0.39, 0.29) is 95.4 Å². The number of sulfonamides is 2. The summed E-state index contributed by atoms with van der Waals surface area (Å²) in [7, 11) is -14.0. The summed E-state index contributed by atoms with van der Waals surface area (Å²) in [6.07, 6.45) is 2.77. The molecule has 6 aromatic carbocycles. The summed E-state index contributed by atoms with van der Waals surface area (Å²) in [6.45, 7) is 14.8. The van der Waals surface area contributed by atoms with Crippen LogP contribution < -0.4 is 14.2 Å². The number of halogens is 5. The number of carbonyl (C=O) groups excluding carboxylic acids is 2. The van der Waals surface area contributed by atoms with Crippen molar-refractivity contribution < 1.29 is 94.9 Å². The van der Waals surface area contributed by atoms with Crippen LogP contribution in [0.3, 0.4) is 0 Å². The van der Waals surface area contributed by atoms with Gasteiger partial charge in [0.05, 0.1) is 61.8 Å². The lowest BCUT2D eigenvalue weighted by Gasteiger charge is -2.17. The van der Waals surface area contributed by atoms with Crippen molar-refractivity contribution in [1.29, 1.82) is 0 Å². The second-order valence-electron chi connectivity index (χ2n) is 18.3. The van der Waals surface area contributed by atoms with E-state index in [1.165, 1.54) is 74.5 Å². The molecule has 0 atom stereocenters. The molecule has 0 aliphatic heterocycles. The monoisotopic (exact) mass is 1290 g/mol. The first-order valence-electron chi connectivity index (χ1n) is 26.9.